The zero-order valence-corrected chi connectivity index (χ0v) is 15.2. The predicted molar refractivity (Wildman–Crippen MR) is 98.5 cm³/mol. The Morgan fingerprint density at radius 3 is 2.85 bits per heavy atom. The van der Waals surface area contributed by atoms with E-state index in [0.29, 0.717) is 5.92 Å². The van der Waals surface area contributed by atoms with Crippen molar-refractivity contribution in [1.82, 2.24) is 25.0 Å². The molecular formula is C20H23N5O. The fraction of sp³-hybridized carbons (Fsp3) is 0.400. The Hall–Kier alpha value is -2.60. The molecule has 6 heteroatoms. The molecule has 0 amide bonds. The lowest BCUT2D eigenvalue weighted by Crippen LogP contribution is -2.34. The molecule has 26 heavy (non-hydrogen) atoms. The third-order valence-corrected chi connectivity index (χ3v) is 4.88. The molecule has 1 atom stereocenters. The van der Waals surface area contributed by atoms with Gasteiger partial charge in [0.1, 0.15) is 5.82 Å². The highest BCUT2D eigenvalue weighted by molar-refractivity contribution is 5.60. The molecule has 1 aliphatic heterocycles. The Morgan fingerprint density at radius 2 is 2.08 bits per heavy atom. The SMILES string of the molecule is Cc1cc(-c2cnc(C)nc2C2CCCN(Cc3ccncc3)C2)on1. The molecule has 0 aromatic carbocycles. The van der Waals surface area contributed by atoms with Crippen molar-refractivity contribution in [2.24, 2.45) is 0 Å². The molecule has 1 saturated heterocycles. The largest absolute Gasteiger partial charge is 0.356 e. The van der Waals surface area contributed by atoms with Crippen LogP contribution in [0.1, 0.15) is 41.5 Å². The molecule has 0 saturated carbocycles. The van der Waals surface area contributed by atoms with Gasteiger partial charge in [-0.2, -0.15) is 0 Å². The average Bonchev–Trinajstić information content (AvgIpc) is 3.09. The first kappa shape index (κ1) is 16.8. The summed E-state index contributed by atoms with van der Waals surface area (Å²) in [7, 11) is 0. The fourth-order valence-electron chi connectivity index (χ4n) is 3.65. The van der Waals surface area contributed by atoms with E-state index in [4.69, 9.17) is 9.51 Å². The van der Waals surface area contributed by atoms with Gasteiger partial charge in [-0.25, -0.2) is 9.97 Å². The van der Waals surface area contributed by atoms with Gasteiger partial charge in [-0.1, -0.05) is 5.16 Å². The minimum Gasteiger partial charge on any atom is -0.356 e. The Labute approximate surface area is 153 Å². The van der Waals surface area contributed by atoms with Crippen molar-refractivity contribution in [3.05, 3.63) is 59.6 Å². The van der Waals surface area contributed by atoms with Crippen molar-refractivity contribution in [3.63, 3.8) is 0 Å². The summed E-state index contributed by atoms with van der Waals surface area (Å²) in [6.45, 7) is 6.91. The number of hydrogen-bond donors (Lipinski definition) is 0. The van der Waals surface area contributed by atoms with Crippen LogP contribution >= 0.6 is 0 Å². The van der Waals surface area contributed by atoms with Gasteiger partial charge in [-0.3, -0.25) is 9.88 Å². The Morgan fingerprint density at radius 1 is 1.23 bits per heavy atom. The number of aryl methyl sites for hydroxylation is 2. The first-order chi connectivity index (χ1) is 12.7. The lowest BCUT2D eigenvalue weighted by molar-refractivity contribution is 0.198. The van der Waals surface area contributed by atoms with Gasteiger partial charge in [0.15, 0.2) is 5.76 Å². The first-order valence-electron chi connectivity index (χ1n) is 9.07. The molecule has 3 aromatic rings. The lowest BCUT2D eigenvalue weighted by Gasteiger charge is -2.33. The summed E-state index contributed by atoms with van der Waals surface area (Å²) in [6, 6.07) is 6.12. The lowest BCUT2D eigenvalue weighted by atomic mass is 9.91. The number of aromatic nitrogens is 4. The molecule has 1 unspecified atom stereocenters. The normalized spacial score (nSPS) is 18.2. The first-order valence-corrected chi connectivity index (χ1v) is 9.07. The second kappa shape index (κ2) is 7.33. The molecule has 0 spiro atoms. The number of likely N-dealkylation sites (tertiary alicyclic amines) is 1. The van der Waals surface area contributed by atoms with E-state index in [1.54, 1.807) is 0 Å². The molecule has 6 nitrogen and oxygen atoms in total. The third-order valence-electron chi connectivity index (χ3n) is 4.88. The maximum Gasteiger partial charge on any atom is 0.170 e. The van der Waals surface area contributed by atoms with Crippen molar-refractivity contribution >= 4 is 0 Å². The summed E-state index contributed by atoms with van der Waals surface area (Å²) in [5, 5.41) is 4.03. The third kappa shape index (κ3) is 3.65. The van der Waals surface area contributed by atoms with Crippen LogP contribution in [-0.2, 0) is 6.54 Å². The second-order valence-corrected chi connectivity index (χ2v) is 6.98. The van der Waals surface area contributed by atoms with E-state index < -0.39 is 0 Å². The van der Waals surface area contributed by atoms with Gasteiger partial charge in [0.25, 0.3) is 0 Å². The number of piperidine rings is 1. The van der Waals surface area contributed by atoms with E-state index in [-0.39, 0.29) is 0 Å². The van der Waals surface area contributed by atoms with Gasteiger partial charge < -0.3 is 4.52 Å². The van der Waals surface area contributed by atoms with Crippen molar-refractivity contribution in [2.75, 3.05) is 13.1 Å². The maximum absolute atomic E-state index is 5.49. The number of nitrogens with zero attached hydrogens (tertiary/aromatic N) is 5. The Balaban J connectivity index is 1.59. The Bertz CT molecular complexity index is 877. The molecule has 4 heterocycles. The molecule has 0 N–H and O–H groups in total. The van der Waals surface area contributed by atoms with Crippen molar-refractivity contribution in [1.29, 1.82) is 0 Å². The van der Waals surface area contributed by atoms with Crippen LogP contribution in [0.5, 0.6) is 0 Å². The molecule has 134 valence electrons. The van der Waals surface area contributed by atoms with Gasteiger partial charge in [0.05, 0.1) is 17.0 Å². The second-order valence-electron chi connectivity index (χ2n) is 6.98. The number of hydrogen-bond acceptors (Lipinski definition) is 6. The highest BCUT2D eigenvalue weighted by Crippen LogP contribution is 2.33. The van der Waals surface area contributed by atoms with Gasteiger partial charge >= 0.3 is 0 Å². The van der Waals surface area contributed by atoms with E-state index in [1.165, 1.54) is 5.56 Å². The highest BCUT2D eigenvalue weighted by Gasteiger charge is 2.26. The standard InChI is InChI=1S/C20H23N5O/c1-14-10-19(26-24-14)18-11-22-15(2)23-20(18)17-4-3-9-25(13-17)12-16-5-7-21-8-6-16/h5-8,10-11,17H,3-4,9,12-13H2,1-2H3. The van der Waals surface area contributed by atoms with E-state index in [2.05, 4.69) is 32.2 Å². The van der Waals surface area contributed by atoms with Crippen LogP contribution in [-0.4, -0.2) is 38.1 Å². The molecule has 0 radical (unpaired) electrons. The van der Waals surface area contributed by atoms with Crippen LogP contribution < -0.4 is 0 Å². The molecule has 1 aliphatic rings. The van der Waals surface area contributed by atoms with Crippen molar-refractivity contribution < 1.29 is 4.52 Å². The minimum absolute atomic E-state index is 0.368. The smallest absolute Gasteiger partial charge is 0.170 e. The molecule has 4 rings (SSSR count). The Kier molecular flexibility index (Phi) is 4.75. The quantitative estimate of drug-likeness (QED) is 0.718. The van der Waals surface area contributed by atoms with Crippen LogP contribution in [0.3, 0.4) is 0 Å². The summed E-state index contributed by atoms with van der Waals surface area (Å²) < 4.78 is 5.49. The van der Waals surface area contributed by atoms with Gasteiger partial charge in [0, 0.05) is 43.7 Å². The van der Waals surface area contributed by atoms with E-state index in [1.807, 2.05) is 38.5 Å². The maximum atomic E-state index is 5.49. The monoisotopic (exact) mass is 349 g/mol. The van der Waals surface area contributed by atoms with Crippen LogP contribution in [0.15, 0.2) is 41.3 Å². The zero-order valence-electron chi connectivity index (χ0n) is 15.2. The van der Waals surface area contributed by atoms with Gasteiger partial charge in [-0.05, 0) is 50.9 Å². The molecule has 0 aliphatic carbocycles. The molecular weight excluding hydrogens is 326 g/mol. The number of rotatable bonds is 4. The van der Waals surface area contributed by atoms with Crippen LogP contribution in [0.2, 0.25) is 0 Å². The number of pyridine rings is 1. The fourth-order valence-corrected chi connectivity index (χ4v) is 3.65. The zero-order chi connectivity index (χ0) is 17.9. The molecule has 3 aromatic heterocycles. The summed E-state index contributed by atoms with van der Waals surface area (Å²) in [5.74, 6) is 1.92. The average molecular weight is 349 g/mol. The van der Waals surface area contributed by atoms with E-state index >= 15 is 0 Å². The van der Waals surface area contributed by atoms with Gasteiger partial charge in [0.2, 0.25) is 0 Å². The van der Waals surface area contributed by atoms with Crippen molar-refractivity contribution in [2.45, 2.75) is 39.2 Å². The topological polar surface area (TPSA) is 67.9 Å². The van der Waals surface area contributed by atoms with Gasteiger partial charge in [-0.15, -0.1) is 0 Å². The van der Waals surface area contributed by atoms with Crippen LogP contribution in [0, 0.1) is 13.8 Å². The van der Waals surface area contributed by atoms with Crippen molar-refractivity contribution in [3.8, 4) is 11.3 Å². The summed E-state index contributed by atoms with van der Waals surface area (Å²) in [4.78, 5) is 15.8. The molecule has 0 bridgehead atoms. The highest BCUT2D eigenvalue weighted by atomic mass is 16.5. The summed E-state index contributed by atoms with van der Waals surface area (Å²) >= 11 is 0. The van der Waals surface area contributed by atoms with E-state index in [9.17, 15) is 0 Å². The minimum atomic E-state index is 0.368. The van der Waals surface area contributed by atoms with Crippen LogP contribution in [0.25, 0.3) is 11.3 Å². The van der Waals surface area contributed by atoms with Crippen LogP contribution in [0.4, 0.5) is 0 Å². The molecule has 1 fully saturated rings. The van der Waals surface area contributed by atoms with E-state index in [0.717, 1.165) is 61.0 Å². The predicted octanol–water partition coefficient (Wildman–Crippen LogP) is 3.52. The summed E-state index contributed by atoms with van der Waals surface area (Å²) in [6.07, 6.45) is 7.88. The summed E-state index contributed by atoms with van der Waals surface area (Å²) in [5.41, 5.74) is 4.21.